The van der Waals surface area contributed by atoms with Crippen molar-refractivity contribution in [3.05, 3.63) is 31.6 Å². The quantitative estimate of drug-likeness (QED) is 0.712. The van der Waals surface area contributed by atoms with E-state index in [2.05, 4.69) is 23.2 Å². The second-order valence-electron chi connectivity index (χ2n) is 4.50. The van der Waals surface area contributed by atoms with Crippen LogP contribution in [0.1, 0.15) is 20.3 Å². The van der Waals surface area contributed by atoms with E-state index in [9.17, 15) is 13.2 Å². The molecule has 0 saturated carbocycles. The minimum Gasteiger partial charge on any atom is -0.315 e. The van der Waals surface area contributed by atoms with Crippen LogP contribution >= 0.6 is 0 Å². The normalized spacial score (nSPS) is 12.7. The molecule has 7 nitrogen and oxygen atoms in total. The Morgan fingerprint density at radius 2 is 2.00 bits per heavy atom. The van der Waals surface area contributed by atoms with Crippen LogP contribution in [0.15, 0.2) is 36.8 Å². The van der Waals surface area contributed by atoms with Crippen LogP contribution in [0.2, 0.25) is 0 Å². The zero-order valence-corrected chi connectivity index (χ0v) is 13.1. The molecule has 0 bridgehead atoms. The number of hydrogen-bond donors (Lipinski definition) is 0. The second kappa shape index (κ2) is 7.16. The summed E-state index contributed by atoms with van der Waals surface area (Å²) in [6.45, 7) is 11.1. The van der Waals surface area contributed by atoms with Crippen molar-refractivity contribution in [2.24, 2.45) is 0 Å². The van der Waals surface area contributed by atoms with Crippen molar-refractivity contribution in [3.63, 3.8) is 0 Å². The Bertz CT molecular complexity index is 611. The molecule has 8 heteroatoms. The van der Waals surface area contributed by atoms with Crippen molar-refractivity contribution in [1.82, 2.24) is 19.7 Å². The van der Waals surface area contributed by atoms with Crippen LogP contribution in [-0.4, -0.2) is 52.5 Å². The number of hydrogen-bond acceptors (Lipinski definition) is 5. The highest BCUT2D eigenvalue weighted by Crippen LogP contribution is 2.13. The molecular formula is C13H20N4O3S. The van der Waals surface area contributed by atoms with Crippen molar-refractivity contribution >= 4 is 15.9 Å². The number of nitrogens with zero attached hydrogens (tertiary/aromatic N) is 4. The number of sulfone groups is 1. The van der Waals surface area contributed by atoms with Crippen molar-refractivity contribution in [3.8, 4) is 0 Å². The average molecular weight is 312 g/mol. The lowest BCUT2D eigenvalue weighted by atomic mass is 10.4. The Morgan fingerprint density at radius 1 is 1.43 bits per heavy atom. The summed E-state index contributed by atoms with van der Waals surface area (Å²) in [6.07, 6.45) is 4.69. The smallest absolute Gasteiger partial charge is 0.315 e. The SMILES string of the molecule is C=CCN(CC=C)C(=O)n1cnc(S(=O)(=O)C(C)CC)n1. The first kappa shape index (κ1) is 17.1. The van der Waals surface area contributed by atoms with Gasteiger partial charge in [0.1, 0.15) is 6.33 Å². The topological polar surface area (TPSA) is 85.2 Å². The van der Waals surface area contributed by atoms with Gasteiger partial charge >= 0.3 is 6.03 Å². The van der Waals surface area contributed by atoms with Gasteiger partial charge in [-0.05, 0) is 13.3 Å². The zero-order chi connectivity index (χ0) is 16.0. The summed E-state index contributed by atoms with van der Waals surface area (Å²) in [5.74, 6) is 0. The van der Waals surface area contributed by atoms with Crippen molar-refractivity contribution < 1.29 is 13.2 Å². The molecule has 1 amide bonds. The van der Waals surface area contributed by atoms with Crippen LogP contribution in [0.5, 0.6) is 0 Å². The lowest BCUT2D eigenvalue weighted by Crippen LogP contribution is -2.35. The van der Waals surface area contributed by atoms with Crippen molar-refractivity contribution in [2.75, 3.05) is 13.1 Å². The van der Waals surface area contributed by atoms with Crippen LogP contribution in [0, 0.1) is 0 Å². The van der Waals surface area contributed by atoms with E-state index in [-0.39, 0.29) is 5.16 Å². The Kier molecular flexibility index (Phi) is 5.83. The molecule has 0 N–H and O–H groups in total. The number of carbonyl (C=O) groups excluding carboxylic acids is 1. The predicted octanol–water partition coefficient (Wildman–Crippen LogP) is 1.49. The Morgan fingerprint density at radius 3 is 2.48 bits per heavy atom. The Balaban J connectivity index is 3.05. The first-order valence-electron chi connectivity index (χ1n) is 6.55. The lowest BCUT2D eigenvalue weighted by Gasteiger charge is -2.17. The van der Waals surface area contributed by atoms with Gasteiger partial charge in [0.2, 0.25) is 9.84 Å². The maximum absolute atomic E-state index is 12.2. The largest absolute Gasteiger partial charge is 0.346 e. The number of rotatable bonds is 7. The third-order valence-corrected chi connectivity index (χ3v) is 5.08. The van der Waals surface area contributed by atoms with E-state index in [1.165, 1.54) is 4.90 Å². The standard InChI is InChI=1S/C13H20N4O3S/c1-5-8-16(9-6-2)13(18)17-10-14-12(15-17)21(19,20)11(4)7-3/h5-6,10-11H,1-2,7-9H2,3-4H3. The molecule has 0 spiro atoms. The lowest BCUT2D eigenvalue weighted by molar-refractivity contribution is 0.206. The highest BCUT2D eigenvalue weighted by Gasteiger charge is 2.27. The van der Waals surface area contributed by atoms with E-state index < -0.39 is 21.1 Å². The second-order valence-corrected chi connectivity index (χ2v) is 6.76. The minimum absolute atomic E-state index is 0.304. The molecule has 1 aromatic rings. The fourth-order valence-electron chi connectivity index (χ4n) is 1.56. The van der Waals surface area contributed by atoms with Gasteiger partial charge in [-0.3, -0.25) is 0 Å². The molecule has 116 valence electrons. The van der Waals surface area contributed by atoms with Gasteiger partial charge in [-0.2, -0.15) is 4.68 Å². The molecule has 0 fully saturated rings. The van der Waals surface area contributed by atoms with E-state index in [0.717, 1.165) is 11.0 Å². The summed E-state index contributed by atoms with van der Waals surface area (Å²) >= 11 is 0. The molecule has 0 aliphatic heterocycles. The molecule has 1 unspecified atom stereocenters. The van der Waals surface area contributed by atoms with Gasteiger partial charge < -0.3 is 4.90 Å². The van der Waals surface area contributed by atoms with Gasteiger partial charge in [-0.1, -0.05) is 19.1 Å². The first-order chi connectivity index (χ1) is 9.88. The summed E-state index contributed by atoms with van der Waals surface area (Å²) in [5.41, 5.74) is 0. The first-order valence-corrected chi connectivity index (χ1v) is 8.09. The number of amides is 1. The van der Waals surface area contributed by atoms with E-state index in [4.69, 9.17) is 0 Å². The van der Waals surface area contributed by atoms with Crippen LogP contribution in [-0.2, 0) is 9.84 Å². The van der Waals surface area contributed by atoms with Crippen molar-refractivity contribution in [1.29, 1.82) is 0 Å². The van der Waals surface area contributed by atoms with Gasteiger partial charge in [0.05, 0.1) is 5.25 Å². The van der Waals surface area contributed by atoms with Crippen LogP contribution in [0.3, 0.4) is 0 Å². The maximum atomic E-state index is 12.2. The van der Waals surface area contributed by atoms with Gasteiger partial charge in [-0.25, -0.2) is 18.2 Å². The summed E-state index contributed by atoms with van der Waals surface area (Å²) < 4.78 is 25.2. The summed E-state index contributed by atoms with van der Waals surface area (Å²) in [7, 11) is -3.61. The fourth-order valence-corrected chi connectivity index (χ4v) is 2.75. The van der Waals surface area contributed by atoms with Crippen LogP contribution in [0.25, 0.3) is 0 Å². The summed E-state index contributed by atoms with van der Waals surface area (Å²) in [5, 5.41) is 2.87. The molecule has 1 heterocycles. The molecule has 1 atom stereocenters. The average Bonchev–Trinajstić information content (AvgIpc) is 2.95. The molecule has 0 aliphatic carbocycles. The van der Waals surface area contributed by atoms with Crippen molar-refractivity contribution in [2.45, 2.75) is 30.7 Å². The predicted molar refractivity (Wildman–Crippen MR) is 79.7 cm³/mol. The van der Waals surface area contributed by atoms with Gasteiger partial charge in [0, 0.05) is 13.1 Å². The van der Waals surface area contributed by atoms with Gasteiger partial charge in [0.15, 0.2) is 0 Å². The van der Waals surface area contributed by atoms with Gasteiger partial charge in [0.25, 0.3) is 5.16 Å². The fraction of sp³-hybridized carbons (Fsp3) is 0.462. The molecule has 0 aliphatic rings. The molecule has 1 aromatic heterocycles. The highest BCUT2D eigenvalue weighted by molar-refractivity contribution is 7.91. The van der Waals surface area contributed by atoms with Crippen LogP contribution in [0.4, 0.5) is 4.79 Å². The zero-order valence-electron chi connectivity index (χ0n) is 12.3. The highest BCUT2D eigenvalue weighted by atomic mass is 32.2. The summed E-state index contributed by atoms with van der Waals surface area (Å²) in [6, 6.07) is -0.479. The minimum atomic E-state index is -3.61. The summed E-state index contributed by atoms with van der Waals surface area (Å²) in [4.78, 5) is 17.4. The molecule has 0 saturated heterocycles. The third kappa shape index (κ3) is 3.78. The maximum Gasteiger partial charge on any atom is 0.346 e. The number of aromatic nitrogens is 3. The third-order valence-electron chi connectivity index (χ3n) is 3.00. The van der Waals surface area contributed by atoms with Crippen LogP contribution < -0.4 is 0 Å². The monoisotopic (exact) mass is 312 g/mol. The Labute approximate surface area is 124 Å². The van der Waals surface area contributed by atoms with Gasteiger partial charge in [-0.15, -0.1) is 18.3 Å². The molecule has 0 aromatic carbocycles. The molecule has 21 heavy (non-hydrogen) atoms. The Hall–Kier alpha value is -1.96. The van der Waals surface area contributed by atoms with E-state index in [1.807, 2.05) is 0 Å². The number of carbonyl (C=O) groups is 1. The van der Waals surface area contributed by atoms with E-state index in [1.54, 1.807) is 26.0 Å². The van der Waals surface area contributed by atoms with E-state index >= 15 is 0 Å². The van der Waals surface area contributed by atoms with E-state index in [0.29, 0.717) is 19.5 Å². The molecular weight excluding hydrogens is 292 g/mol. The molecule has 1 rings (SSSR count). The molecule has 0 radical (unpaired) electrons.